The van der Waals surface area contributed by atoms with Crippen LogP contribution >= 0.6 is 0 Å². The third-order valence-electron chi connectivity index (χ3n) is 2.39. The van der Waals surface area contributed by atoms with E-state index in [1.165, 1.54) is 0 Å². The van der Waals surface area contributed by atoms with Gasteiger partial charge in [-0.25, -0.2) is 0 Å². The highest BCUT2D eigenvalue weighted by molar-refractivity contribution is 7.85. The SMILES string of the molecule is C[C@H](CCCS(=O)(=O)O)OCc1ccccc1. The molecule has 0 saturated heterocycles. The lowest BCUT2D eigenvalue weighted by Crippen LogP contribution is -2.11. The smallest absolute Gasteiger partial charge is 0.264 e. The lowest BCUT2D eigenvalue weighted by Gasteiger charge is -2.12. The van der Waals surface area contributed by atoms with E-state index in [1.54, 1.807) is 0 Å². The van der Waals surface area contributed by atoms with Gasteiger partial charge >= 0.3 is 0 Å². The molecule has 1 aromatic carbocycles. The van der Waals surface area contributed by atoms with Gasteiger partial charge in [0.25, 0.3) is 10.1 Å². The van der Waals surface area contributed by atoms with Gasteiger partial charge < -0.3 is 4.74 Å². The summed E-state index contributed by atoms with van der Waals surface area (Å²) in [5.74, 6) is -0.202. The van der Waals surface area contributed by atoms with Gasteiger partial charge in [0.05, 0.1) is 18.5 Å². The maximum absolute atomic E-state index is 10.5. The molecule has 0 fully saturated rings. The Kier molecular flexibility index (Phi) is 5.61. The van der Waals surface area contributed by atoms with E-state index in [4.69, 9.17) is 9.29 Å². The molecule has 0 aliphatic heterocycles. The first-order chi connectivity index (χ1) is 7.97. The first-order valence-corrected chi connectivity index (χ1v) is 7.19. The molecule has 1 aromatic rings. The summed E-state index contributed by atoms with van der Waals surface area (Å²) in [5, 5.41) is 0. The summed E-state index contributed by atoms with van der Waals surface area (Å²) in [5.41, 5.74) is 1.09. The summed E-state index contributed by atoms with van der Waals surface area (Å²) in [4.78, 5) is 0. The summed E-state index contributed by atoms with van der Waals surface area (Å²) in [7, 11) is -3.84. The van der Waals surface area contributed by atoms with Gasteiger partial charge in [-0.15, -0.1) is 0 Å². The molecule has 0 amide bonds. The van der Waals surface area contributed by atoms with Crippen molar-refractivity contribution in [2.75, 3.05) is 5.75 Å². The van der Waals surface area contributed by atoms with Crippen molar-refractivity contribution in [3.63, 3.8) is 0 Å². The van der Waals surface area contributed by atoms with Gasteiger partial charge in [-0.2, -0.15) is 8.42 Å². The van der Waals surface area contributed by atoms with Crippen molar-refractivity contribution >= 4 is 10.1 Å². The quantitative estimate of drug-likeness (QED) is 0.762. The monoisotopic (exact) mass is 258 g/mol. The number of rotatable bonds is 7. The molecule has 0 aliphatic carbocycles. The van der Waals surface area contributed by atoms with E-state index in [1.807, 2.05) is 37.3 Å². The lowest BCUT2D eigenvalue weighted by molar-refractivity contribution is 0.0472. The molecular formula is C12H18O4S. The molecule has 17 heavy (non-hydrogen) atoms. The van der Waals surface area contributed by atoms with Crippen LogP contribution in [0.2, 0.25) is 0 Å². The molecule has 96 valence electrons. The van der Waals surface area contributed by atoms with Crippen molar-refractivity contribution < 1.29 is 17.7 Å². The van der Waals surface area contributed by atoms with E-state index in [0.29, 0.717) is 19.4 Å². The van der Waals surface area contributed by atoms with E-state index in [0.717, 1.165) is 5.56 Å². The predicted molar refractivity (Wildman–Crippen MR) is 66.3 cm³/mol. The zero-order chi connectivity index (χ0) is 12.7. The van der Waals surface area contributed by atoms with Crippen molar-refractivity contribution in [3.8, 4) is 0 Å². The molecular weight excluding hydrogens is 240 g/mol. The zero-order valence-corrected chi connectivity index (χ0v) is 10.7. The Morgan fingerprint density at radius 3 is 2.53 bits per heavy atom. The molecule has 0 aliphatic rings. The molecule has 5 heteroatoms. The fourth-order valence-electron chi connectivity index (χ4n) is 1.45. The van der Waals surface area contributed by atoms with Crippen LogP contribution in [-0.4, -0.2) is 24.8 Å². The fraction of sp³-hybridized carbons (Fsp3) is 0.500. The van der Waals surface area contributed by atoms with E-state index in [9.17, 15) is 8.42 Å². The summed E-state index contributed by atoms with van der Waals surface area (Å²) in [6.07, 6.45) is 1.01. The Balaban J connectivity index is 2.20. The van der Waals surface area contributed by atoms with Crippen LogP contribution in [0.3, 0.4) is 0 Å². The van der Waals surface area contributed by atoms with Gasteiger partial charge in [-0.3, -0.25) is 4.55 Å². The second kappa shape index (κ2) is 6.74. The van der Waals surface area contributed by atoms with E-state index in [2.05, 4.69) is 0 Å². The van der Waals surface area contributed by atoms with Gasteiger partial charge in [-0.05, 0) is 25.3 Å². The van der Waals surface area contributed by atoms with Crippen molar-refractivity contribution in [1.29, 1.82) is 0 Å². The Morgan fingerprint density at radius 2 is 1.94 bits per heavy atom. The highest BCUT2D eigenvalue weighted by Gasteiger charge is 2.07. The van der Waals surface area contributed by atoms with Gasteiger partial charge in [0.15, 0.2) is 0 Å². The second-order valence-corrected chi connectivity index (χ2v) is 5.61. The second-order valence-electron chi connectivity index (χ2n) is 4.04. The largest absolute Gasteiger partial charge is 0.374 e. The minimum Gasteiger partial charge on any atom is -0.374 e. The predicted octanol–water partition coefficient (Wildman–Crippen LogP) is 2.26. The van der Waals surface area contributed by atoms with Crippen LogP contribution in [0.25, 0.3) is 0 Å². The van der Waals surface area contributed by atoms with Crippen molar-refractivity contribution in [3.05, 3.63) is 35.9 Å². The molecule has 0 unspecified atom stereocenters. The van der Waals surface area contributed by atoms with Gasteiger partial charge in [0.2, 0.25) is 0 Å². The van der Waals surface area contributed by atoms with Crippen LogP contribution in [0.15, 0.2) is 30.3 Å². The first-order valence-electron chi connectivity index (χ1n) is 5.58. The molecule has 0 saturated carbocycles. The van der Waals surface area contributed by atoms with E-state index < -0.39 is 10.1 Å². The maximum atomic E-state index is 10.5. The first kappa shape index (κ1) is 14.2. The molecule has 0 heterocycles. The molecule has 0 bridgehead atoms. The molecule has 1 N–H and O–H groups in total. The number of hydrogen-bond acceptors (Lipinski definition) is 3. The van der Waals surface area contributed by atoms with Crippen LogP contribution in [0.1, 0.15) is 25.3 Å². The highest BCUT2D eigenvalue weighted by Crippen LogP contribution is 2.07. The Hall–Kier alpha value is -0.910. The Labute approximate surface area is 102 Å². The Bertz CT molecular complexity index is 413. The van der Waals surface area contributed by atoms with Gasteiger partial charge in [0, 0.05) is 0 Å². The number of benzene rings is 1. The molecule has 0 radical (unpaired) electrons. The normalized spacial score (nSPS) is 13.5. The number of ether oxygens (including phenoxy) is 1. The lowest BCUT2D eigenvalue weighted by atomic mass is 10.2. The minimum atomic E-state index is -3.84. The van der Waals surface area contributed by atoms with Gasteiger partial charge in [0.1, 0.15) is 0 Å². The Morgan fingerprint density at radius 1 is 1.29 bits per heavy atom. The van der Waals surface area contributed by atoms with Crippen LogP contribution in [0.4, 0.5) is 0 Å². The standard InChI is InChI=1S/C12H18O4S/c1-11(6-5-9-17(13,14)15)16-10-12-7-3-2-4-8-12/h2-4,7-8,11H,5-6,9-10H2,1H3,(H,13,14,15)/t11-/m1/s1. The third kappa shape index (κ3) is 7.10. The van der Waals surface area contributed by atoms with Crippen LogP contribution in [0, 0.1) is 0 Å². The summed E-state index contributed by atoms with van der Waals surface area (Å²) in [6.45, 7) is 2.42. The van der Waals surface area contributed by atoms with Crippen LogP contribution < -0.4 is 0 Å². The minimum absolute atomic E-state index is 0.0167. The maximum Gasteiger partial charge on any atom is 0.264 e. The summed E-state index contributed by atoms with van der Waals surface area (Å²) in [6, 6.07) is 9.79. The van der Waals surface area contributed by atoms with Crippen LogP contribution in [0.5, 0.6) is 0 Å². The molecule has 4 nitrogen and oxygen atoms in total. The average molecular weight is 258 g/mol. The van der Waals surface area contributed by atoms with Crippen molar-refractivity contribution in [2.45, 2.75) is 32.5 Å². The molecule has 0 aromatic heterocycles. The van der Waals surface area contributed by atoms with E-state index in [-0.39, 0.29) is 11.9 Å². The molecule has 0 spiro atoms. The van der Waals surface area contributed by atoms with Crippen molar-refractivity contribution in [2.24, 2.45) is 0 Å². The molecule has 1 atom stereocenters. The topological polar surface area (TPSA) is 63.6 Å². The number of hydrogen-bond donors (Lipinski definition) is 1. The van der Waals surface area contributed by atoms with Crippen LogP contribution in [-0.2, 0) is 21.5 Å². The van der Waals surface area contributed by atoms with Crippen molar-refractivity contribution in [1.82, 2.24) is 0 Å². The highest BCUT2D eigenvalue weighted by atomic mass is 32.2. The zero-order valence-electron chi connectivity index (χ0n) is 9.87. The summed E-state index contributed by atoms with van der Waals surface area (Å²) < 4.78 is 35.1. The average Bonchev–Trinajstić information content (AvgIpc) is 2.26. The van der Waals surface area contributed by atoms with E-state index >= 15 is 0 Å². The molecule has 1 rings (SSSR count). The third-order valence-corrected chi connectivity index (χ3v) is 3.19. The van der Waals surface area contributed by atoms with Gasteiger partial charge in [-0.1, -0.05) is 30.3 Å². The fourth-order valence-corrected chi connectivity index (χ4v) is 1.98. The summed E-state index contributed by atoms with van der Waals surface area (Å²) >= 11 is 0.